The van der Waals surface area contributed by atoms with Crippen LogP contribution in [0.2, 0.25) is 0 Å². The molecule has 0 saturated heterocycles. The maximum absolute atomic E-state index is 5.63. The van der Waals surface area contributed by atoms with Crippen LogP contribution in [0.3, 0.4) is 0 Å². The Hall–Kier alpha value is -3.00. The third-order valence-corrected chi connectivity index (χ3v) is 3.55. The molecule has 0 fully saturated rings. The van der Waals surface area contributed by atoms with Gasteiger partial charge in [-0.15, -0.1) is 0 Å². The zero-order chi connectivity index (χ0) is 15.4. The predicted octanol–water partition coefficient (Wildman–Crippen LogP) is 4.84. The van der Waals surface area contributed by atoms with Crippen molar-refractivity contribution in [3.63, 3.8) is 0 Å². The summed E-state index contributed by atoms with van der Waals surface area (Å²) < 4.78 is 0. The number of fused-ring (bicyclic) bond motifs is 2. The summed E-state index contributed by atoms with van der Waals surface area (Å²) in [6, 6.07) is 28.3. The first-order chi connectivity index (χ1) is 10.7. The van der Waals surface area contributed by atoms with E-state index in [2.05, 4.69) is 48.5 Å². The summed E-state index contributed by atoms with van der Waals surface area (Å²) in [6.45, 7) is 0. The lowest BCUT2D eigenvalue weighted by Gasteiger charge is -1.99. The molecule has 2 heteroatoms. The second-order valence-electron chi connectivity index (χ2n) is 5.21. The highest BCUT2D eigenvalue weighted by Crippen LogP contribution is 2.19. The van der Waals surface area contributed by atoms with Crippen molar-refractivity contribution in [1.82, 2.24) is 0 Å². The first-order valence-corrected chi connectivity index (χ1v) is 7.21. The highest BCUT2D eigenvalue weighted by atomic mass is 14.5. The zero-order valence-corrected chi connectivity index (χ0v) is 12.2. The van der Waals surface area contributed by atoms with Gasteiger partial charge in [-0.2, -0.15) is 0 Å². The van der Waals surface area contributed by atoms with Gasteiger partial charge in [0.1, 0.15) is 0 Å². The third-order valence-electron chi connectivity index (χ3n) is 3.55. The van der Waals surface area contributed by atoms with E-state index in [-0.39, 0.29) is 0 Å². The molecular formula is C20H18N2. The summed E-state index contributed by atoms with van der Waals surface area (Å²) in [5.74, 6) is 0. The van der Waals surface area contributed by atoms with Gasteiger partial charge < -0.3 is 11.5 Å². The lowest BCUT2D eigenvalue weighted by molar-refractivity contribution is 1.71. The fraction of sp³-hybridized carbons (Fsp3) is 0. The lowest BCUT2D eigenvalue weighted by Crippen LogP contribution is -1.86. The molecular weight excluding hydrogens is 268 g/mol. The fourth-order valence-corrected chi connectivity index (χ4v) is 2.42. The summed E-state index contributed by atoms with van der Waals surface area (Å²) in [4.78, 5) is 0. The molecule has 0 atom stereocenters. The highest BCUT2D eigenvalue weighted by Gasteiger charge is 1.93. The van der Waals surface area contributed by atoms with E-state index in [4.69, 9.17) is 11.5 Å². The number of nitrogens with two attached hydrogens (primary N) is 2. The maximum Gasteiger partial charge on any atom is 0.0320 e. The number of benzene rings is 4. The first kappa shape index (κ1) is 14.0. The largest absolute Gasteiger partial charge is 0.399 e. The standard InChI is InChI=1S/C10H10N2.C10H8/c11-9-3-1-7-5-10(12)4-2-8(7)6-9;1-2-6-10-8-4-3-7-9(10)5-1/h1-6H,11-12H2;1-8H. The van der Waals surface area contributed by atoms with E-state index in [9.17, 15) is 0 Å². The second-order valence-corrected chi connectivity index (χ2v) is 5.21. The van der Waals surface area contributed by atoms with Crippen molar-refractivity contribution in [3.05, 3.63) is 84.9 Å². The van der Waals surface area contributed by atoms with Gasteiger partial charge in [-0.05, 0) is 45.8 Å². The number of hydrogen-bond donors (Lipinski definition) is 2. The molecule has 0 saturated carbocycles. The topological polar surface area (TPSA) is 52.0 Å². The van der Waals surface area contributed by atoms with E-state index >= 15 is 0 Å². The summed E-state index contributed by atoms with van der Waals surface area (Å²) in [6.07, 6.45) is 0. The number of rotatable bonds is 0. The summed E-state index contributed by atoms with van der Waals surface area (Å²) in [7, 11) is 0. The van der Waals surface area contributed by atoms with Crippen molar-refractivity contribution < 1.29 is 0 Å². The van der Waals surface area contributed by atoms with Crippen molar-refractivity contribution in [2.45, 2.75) is 0 Å². The smallest absolute Gasteiger partial charge is 0.0320 e. The molecule has 0 aliphatic heterocycles. The van der Waals surface area contributed by atoms with Crippen LogP contribution in [-0.2, 0) is 0 Å². The van der Waals surface area contributed by atoms with Crippen LogP contribution in [0, 0.1) is 0 Å². The number of hydrogen-bond acceptors (Lipinski definition) is 2. The Bertz CT molecular complexity index is 807. The second kappa shape index (κ2) is 6.19. The Morgan fingerprint density at radius 1 is 0.409 bits per heavy atom. The number of anilines is 2. The molecule has 4 aromatic carbocycles. The molecule has 4 N–H and O–H groups in total. The summed E-state index contributed by atoms with van der Waals surface area (Å²) in [5, 5.41) is 4.88. The minimum absolute atomic E-state index is 0.785. The Morgan fingerprint density at radius 2 is 0.773 bits per heavy atom. The average Bonchev–Trinajstić information content (AvgIpc) is 2.56. The predicted molar refractivity (Wildman–Crippen MR) is 96.7 cm³/mol. The molecule has 0 unspecified atom stereocenters. The molecule has 0 spiro atoms. The van der Waals surface area contributed by atoms with Gasteiger partial charge >= 0.3 is 0 Å². The molecule has 0 bridgehead atoms. The van der Waals surface area contributed by atoms with E-state index in [0.29, 0.717) is 0 Å². The molecule has 0 aliphatic carbocycles. The third kappa shape index (κ3) is 3.18. The quantitative estimate of drug-likeness (QED) is 0.454. The van der Waals surface area contributed by atoms with Crippen molar-refractivity contribution in [2.75, 3.05) is 11.5 Å². The molecule has 108 valence electrons. The van der Waals surface area contributed by atoms with Crippen LogP contribution in [0.5, 0.6) is 0 Å². The van der Waals surface area contributed by atoms with Crippen LogP contribution in [0.15, 0.2) is 84.9 Å². The van der Waals surface area contributed by atoms with Gasteiger partial charge in [-0.1, -0.05) is 60.7 Å². The average molecular weight is 286 g/mol. The Morgan fingerprint density at radius 3 is 1.14 bits per heavy atom. The van der Waals surface area contributed by atoms with Crippen molar-refractivity contribution in [2.24, 2.45) is 0 Å². The van der Waals surface area contributed by atoms with Crippen LogP contribution in [0.25, 0.3) is 21.5 Å². The van der Waals surface area contributed by atoms with Crippen LogP contribution in [0.1, 0.15) is 0 Å². The normalized spacial score (nSPS) is 10.2. The van der Waals surface area contributed by atoms with Gasteiger partial charge in [0.15, 0.2) is 0 Å². The first-order valence-electron chi connectivity index (χ1n) is 7.21. The maximum atomic E-state index is 5.63. The van der Waals surface area contributed by atoms with Crippen molar-refractivity contribution in [1.29, 1.82) is 0 Å². The SMILES string of the molecule is Nc1ccc2cc(N)ccc2c1.c1ccc2ccccc2c1. The fourth-order valence-electron chi connectivity index (χ4n) is 2.42. The highest BCUT2D eigenvalue weighted by molar-refractivity contribution is 5.87. The van der Waals surface area contributed by atoms with E-state index in [1.807, 2.05) is 36.4 Å². The summed E-state index contributed by atoms with van der Waals surface area (Å²) >= 11 is 0. The molecule has 0 aliphatic rings. The zero-order valence-electron chi connectivity index (χ0n) is 12.2. The van der Waals surface area contributed by atoms with E-state index in [1.54, 1.807) is 0 Å². The molecule has 22 heavy (non-hydrogen) atoms. The van der Waals surface area contributed by atoms with Crippen LogP contribution >= 0.6 is 0 Å². The molecule has 4 rings (SSSR count). The van der Waals surface area contributed by atoms with Gasteiger partial charge in [0.25, 0.3) is 0 Å². The minimum atomic E-state index is 0.785. The Kier molecular flexibility index (Phi) is 3.92. The minimum Gasteiger partial charge on any atom is -0.399 e. The Balaban J connectivity index is 0.000000133. The van der Waals surface area contributed by atoms with Gasteiger partial charge in [0.05, 0.1) is 0 Å². The monoisotopic (exact) mass is 286 g/mol. The molecule has 0 heterocycles. The molecule has 0 aromatic heterocycles. The van der Waals surface area contributed by atoms with Gasteiger partial charge in [0.2, 0.25) is 0 Å². The lowest BCUT2D eigenvalue weighted by atomic mass is 10.1. The van der Waals surface area contributed by atoms with Crippen molar-refractivity contribution >= 4 is 32.9 Å². The van der Waals surface area contributed by atoms with Gasteiger partial charge in [-0.3, -0.25) is 0 Å². The molecule has 0 radical (unpaired) electrons. The van der Waals surface area contributed by atoms with E-state index in [0.717, 1.165) is 22.1 Å². The van der Waals surface area contributed by atoms with Crippen LogP contribution in [0.4, 0.5) is 11.4 Å². The number of nitrogen functional groups attached to an aromatic ring is 2. The molecule has 4 aromatic rings. The van der Waals surface area contributed by atoms with E-state index < -0.39 is 0 Å². The molecule has 2 nitrogen and oxygen atoms in total. The van der Waals surface area contributed by atoms with Crippen LogP contribution in [-0.4, -0.2) is 0 Å². The van der Waals surface area contributed by atoms with Crippen LogP contribution < -0.4 is 11.5 Å². The van der Waals surface area contributed by atoms with Gasteiger partial charge in [0, 0.05) is 11.4 Å². The van der Waals surface area contributed by atoms with Crippen molar-refractivity contribution in [3.8, 4) is 0 Å². The molecule has 0 amide bonds. The van der Waals surface area contributed by atoms with Gasteiger partial charge in [-0.25, -0.2) is 0 Å². The van der Waals surface area contributed by atoms with E-state index in [1.165, 1.54) is 10.8 Å². The Labute approximate surface area is 130 Å². The summed E-state index contributed by atoms with van der Waals surface area (Å²) in [5.41, 5.74) is 12.8.